The maximum atomic E-state index is 13.5. The summed E-state index contributed by atoms with van der Waals surface area (Å²) in [5.74, 6) is -1.85. The van der Waals surface area contributed by atoms with Crippen LogP contribution < -0.4 is 5.32 Å². The number of rotatable bonds is 3. The van der Waals surface area contributed by atoms with Gasteiger partial charge in [-0.05, 0) is 43.4 Å². The van der Waals surface area contributed by atoms with E-state index in [-0.39, 0.29) is 18.1 Å². The SMILES string of the molecule is O=C(Cn1cc2c(n1)CCCC2)Nc1ccc(F)cc1F. The highest BCUT2D eigenvalue weighted by molar-refractivity contribution is 5.90. The van der Waals surface area contributed by atoms with E-state index in [4.69, 9.17) is 0 Å². The highest BCUT2D eigenvalue weighted by Gasteiger charge is 2.15. The Bertz CT molecular complexity index is 658. The van der Waals surface area contributed by atoms with Crippen LogP contribution in [-0.2, 0) is 24.2 Å². The molecular weight excluding hydrogens is 276 g/mol. The van der Waals surface area contributed by atoms with E-state index >= 15 is 0 Å². The zero-order chi connectivity index (χ0) is 14.8. The van der Waals surface area contributed by atoms with Gasteiger partial charge in [0.25, 0.3) is 0 Å². The number of hydrogen-bond acceptors (Lipinski definition) is 2. The highest BCUT2D eigenvalue weighted by atomic mass is 19.1. The molecule has 0 spiro atoms. The van der Waals surface area contributed by atoms with E-state index < -0.39 is 11.6 Å². The van der Waals surface area contributed by atoms with E-state index in [1.54, 1.807) is 4.68 Å². The van der Waals surface area contributed by atoms with Crippen LogP contribution in [-0.4, -0.2) is 15.7 Å². The van der Waals surface area contributed by atoms with Gasteiger partial charge in [-0.3, -0.25) is 9.48 Å². The molecule has 1 aromatic carbocycles. The molecule has 0 aliphatic heterocycles. The Hall–Kier alpha value is -2.24. The van der Waals surface area contributed by atoms with E-state index in [0.29, 0.717) is 0 Å². The maximum absolute atomic E-state index is 13.5. The Morgan fingerprint density at radius 3 is 2.86 bits per heavy atom. The fourth-order valence-electron chi connectivity index (χ4n) is 2.54. The first-order valence-electron chi connectivity index (χ1n) is 6.92. The third kappa shape index (κ3) is 3.09. The Balaban J connectivity index is 1.67. The number of hydrogen-bond donors (Lipinski definition) is 1. The van der Waals surface area contributed by atoms with Crippen LogP contribution in [0.2, 0.25) is 0 Å². The van der Waals surface area contributed by atoms with Crippen molar-refractivity contribution in [1.82, 2.24) is 9.78 Å². The molecule has 1 amide bonds. The number of nitrogens with zero attached hydrogens (tertiary/aromatic N) is 2. The summed E-state index contributed by atoms with van der Waals surface area (Å²) in [6.07, 6.45) is 6.07. The Labute approximate surface area is 120 Å². The van der Waals surface area contributed by atoms with Gasteiger partial charge in [-0.1, -0.05) is 0 Å². The predicted octanol–water partition coefficient (Wildman–Crippen LogP) is 2.68. The van der Waals surface area contributed by atoms with E-state index in [1.165, 1.54) is 11.6 Å². The lowest BCUT2D eigenvalue weighted by Gasteiger charge is -2.07. The van der Waals surface area contributed by atoms with E-state index in [0.717, 1.165) is 43.5 Å². The number of nitrogens with one attached hydrogen (secondary N) is 1. The minimum atomic E-state index is -0.789. The number of carbonyl (C=O) groups is 1. The van der Waals surface area contributed by atoms with Crippen LogP contribution in [0.15, 0.2) is 24.4 Å². The number of halogens is 2. The van der Waals surface area contributed by atoms with Crippen molar-refractivity contribution in [1.29, 1.82) is 0 Å². The number of aryl methyl sites for hydroxylation is 2. The highest BCUT2D eigenvalue weighted by Crippen LogP contribution is 2.19. The average molecular weight is 291 g/mol. The summed E-state index contributed by atoms with van der Waals surface area (Å²) in [5.41, 5.74) is 2.20. The maximum Gasteiger partial charge on any atom is 0.246 e. The second kappa shape index (κ2) is 5.63. The molecule has 1 N–H and O–H groups in total. The molecule has 1 aromatic heterocycles. The number of fused-ring (bicyclic) bond motifs is 1. The van der Waals surface area contributed by atoms with E-state index in [1.807, 2.05) is 6.20 Å². The van der Waals surface area contributed by atoms with Crippen molar-refractivity contribution in [3.05, 3.63) is 47.3 Å². The Morgan fingerprint density at radius 2 is 2.10 bits per heavy atom. The molecule has 0 bridgehead atoms. The topological polar surface area (TPSA) is 46.9 Å². The average Bonchev–Trinajstić information content (AvgIpc) is 2.84. The van der Waals surface area contributed by atoms with Gasteiger partial charge in [0.2, 0.25) is 5.91 Å². The normalized spacial score (nSPS) is 13.8. The van der Waals surface area contributed by atoms with Crippen molar-refractivity contribution in [3.8, 4) is 0 Å². The Kier molecular flexibility index (Phi) is 3.68. The summed E-state index contributed by atoms with van der Waals surface area (Å²) in [5, 5.41) is 6.80. The summed E-state index contributed by atoms with van der Waals surface area (Å²) < 4.78 is 27.8. The molecule has 110 valence electrons. The molecule has 6 heteroatoms. The first-order chi connectivity index (χ1) is 10.1. The molecule has 2 aromatic rings. The predicted molar refractivity (Wildman–Crippen MR) is 73.9 cm³/mol. The molecule has 1 heterocycles. The van der Waals surface area contributed by atoms with Crippen LogP contribution in [0.3, 0.4) is 0 Å². The van der Waals surface area contributed by atoms with Crippen LogP contribution in [0.1, 0.15) is 24.1 Å². The van der Waals surface area contributed by atoms with Gasteiger partial charge in [0.1, 0.15) is 18.2 Å². The number of aromatic nitrogens is 2. The number of benzene rings is 1. The lowest BCUT2D eigenvalue weighted by atomic mass is 9.99. The van der Waals surface area contributed by atoms with Gasteiger partial charge in [-0.15, -0.1) is 0 Å². The molecule has 0 saturated heterocycles. The van der Waals surface area contributed by atoms with Gasteiger partial charge >= 0.3 is 0 Å². The summed E-state index contributed by atoms with van der Waals surface area (Å²) in [6, 6.07) is 3.05. The lowest BCUT2D eigenvalue weighted by molar-refractivity contribution is -0.116. The van der Waals surface area contributed by atoms with Gasteiger partial charge in [0.05, 0.1) is 11.4 Å². The first-order valence-corrected chi connectivity index (χ1v) is 6.92. The molecule has 3 rings (SSSR count). The fraction of sp³-hybridized carbons (Fsp3) is 0.333. The van der Waals surface area contributed by atoms with Crippen LogP contribution >= 0.6 is 0 Å². The summed E-state index contributed by atoms with van der Waals surface area (Å²) in [4.78, 5) is 11.9. The van der Waals surface area contributed by atoms with Gasteiger partial charge in [0, 0.05) is 12.3 Å². The zero-order valence-electron chi connectivity index (χ0n) is 11.4. The van der Waals surface area contributed by atoms with Crippen molar-refractivity contribution >= 4 is 11.6 Å². The summed E-state index contributed by atoms with van der Waals surface area (Å²) >= 11 is 0. The lowest BCUT2D eigenvalue weighted by Crippen LogP contribution is -2.19. The van der Waals surface area contributed by atoms with Crippen LogP contribution in [0.4, 0.5) is 14.5 Å². The monoisotopic (exact) mass is 291 g/mol. The quantitative estimate of drug-likeness (QED) is 0.945. The van der Waals surface area contributed by atoms with Crippen molar-refractivity contribution in [2.45, 2.75) is 32.2 Å². The smallest absolute Gasteiger partial charge is 0.246 e. The summed E-state index contributed by atoms with van der Waals surface area (Å²) in [7, 11) is 0. The molecule has 0 fully saturated rings. The molecule has 0 saturated carbocycles. The van der Waals surface area contributed by atoms with Crippen molar-refractivity contribution in [2.24, 2.45) is 0 Å². The minimum Gasteiger partial charge on any atom is -0.322 e. The second-order valence-electron chi connectivity index (χ2n) is 5.18. The van der Waals surface area contributed by atoms with Crippen molar-refractivity contribution in [3.63, 3.8) is 0 Å². The molecule has 0 unspecified atom stereocenters. The minimum absolute atomic E-state index is 0.0177. The van der Waals surface area contributed by atoms with Crippen molar-refractivity contribution < 1.29 is 13.6 Å². The van der Waals surface area contributed by atoms with Gasteiger partial charge in [-0.2, -0.15) is 5.10 Å². The standard InChI is InChI=1S/C15H15F2N3O/c16-11-5-6-14(12(17)7-11)18-15(21)9-20-8-10-3-1-2-4-13(10)19-20/h5-8H,1-4,9H2,(H,18,21). The van der Waals surface area contributed by atoms with Gasteiger partial charge in [-0.25, -0.2) is 8.78 Å². The van der Waals surface area contributed by atoms with Crippen LogP contribution in [0.5, 0.6) is 0 Å². The van der Waals surface area contributed by atoms with E-state index in [2.05, 4.69) is 10.4 Å². The largest absolute Gasteiger partial charge is 0.322 e. The Morgan fingerprint density at radius 1 is 1.29 bits per heavy atom. The summed E-state index contributed by atoms with van der Waals surface area (Å²) in [6.45, 7) is 0.0177. The molecule has 21 heavy (non-hydrogen) atoms. The number of amides is 1. The van der Waals surface area contributed by atoms with Gasteiger partial charge < -0.3 is 5.32 Å². The second-order valence-corrected chi connectivity index (χ2v) is 5.18. The molecule has 0 atom stereocenters. The van der Waals surface area contributed by atoms with E-state index in [9.17, 15) is 13.6 Å². The number of carbonyl (C=O) groups excluding carboxylic acids is 1. The molecule has 1 aliphatic carbocycles. The fourth-order valence-corrected chi connectivity index (χ4v) is 2.54. The molecule has 0 radical (unpaired) electrons. The third-order valence-corrected chi connectivity index (χ3v) is 3.55. The molecule has 1 aliphatic rings. The zero-order valence-corrected chi connectivity index (χ0v) is 11.4. The van der Waals surface area contributed by atoms with Gasteiger partial charge in [0.15, 0.2) is 0 Å². The van der Waals surface area contributed by atoms with Crippen LogP contribution in [0, 0.1) is 11.6 Å². The molecule has 4 nitrogen and oxygen atoms in total. The molecular formula is C15H15F2N3O. The number of anilines is 1. The first kappa shape index (κ1) is 13.7. The third-order valence-electron chi connectivity index (χ3n) is 3.55. The van der Waals surface area contributed by atoms with Crippen molar-refractivity contribution in [2.75, 3.05) is 5.32 Å². The van der Waals surface area contributed by atoms with Crippen LogP contribution in [0.25, 0.3) is 0 Å².